The summed E-state index contributed by atoms with van der Waals surface area (Å²) in [4.78, 5) is 19.3. The average molecular weight is 370 g/mol. The lowest BCUT2D eigenvalue weighted by molar-refractivity contribution is -0.141. The quantitative estimate of drug-likeness (QED) is 0.265. The first-order valence-electron chi connectivity index (χ1n) is 8.36. The molecule has 0 amide bonds. The van der Waals surface area contributed by atoms with Crippen molar-refractivity contribution in [2.75, 3.05) is 46.1 Å². The third-order valence-corrected chi connectivity index (χ3v) is 1.94. The van der Waals surface area contributed by atoms with Gasteiger partial charge in [0, 0.05) is 26.9 Å². The summed E-state index contributed by atoms with van der Waals surface area (Å²) in [6.07, 6.45) is 4.64. The van der Waals surface area contributed by atoms with E-state index < -0.39 is 5.97 Å². The highest BCUT2D eigenvalue weighted by atomic mass is 16.5. The minimum absolute atomic E-state index is 0.0278. The molecule has 25 heavy (non-hydrogen) atoms. The molecule has 154 valence electrons. The number of ether oxygens (including phenoxy) is 2. The lowest BCUT2D eigenvalue weighted by Crippen LogP contribution is -2.11. The van der Waals surface area contributed by atoms with Crippen LogP contribution in [0.1, 0.15) is 46.5 Å². The third kappa shape index (κ3) is 84.8. The SMILES string of the molecule is CC(=O)O.CCCCCCOC(C)=O.NCCN.OCCOCCO. The molecule has 0 spiro atoms. The number of nitrogens with two attached hydrogens (primary N) is 2. The van der Waals surface area contributed by atoms with E-state index in [0.717, 1.165) is 13.3 Å². The maximum Gasteiger partial charge on any atom is 0.302 e. The van der Waals surface area contributed by atoms with Crippen molar-refractivity contribution in [2.24, 2.45) is 11.5 Å². The molecule has 0 radical (unpaired) electrons. The Morgan fingerprint density at radius 2 is 1.32 bits per heavy atom. The summed E-state index contributed by atoms with van der Waals surface area (Å²) in [7, 11) is 0. The number of carboxylic acids is 1. The normalized spacial score (nSPS) is 8.60. The Balaban J connectivity index is -0.000000128. The standard InChI is InChI=1S/C8H16O2.C4H10O3.C2H8N2.C2H4O2/c1-3-4-5-6-7-10-8(2)9;5-1-3-7-4-2-6;3-1-2-4;1-2(3)4/h3-7H2,1-2H3;5-6H,1-4H2;1-4H2;1H3,(H,3,4). The van der Waals surface area contributed by atoms with E-state index in [9.17, 15) is 4.79 Å². The van der Waals surface area contributed by atoms with Gasteiger partial charge in [-0.3, -0.25) is 9.59 Å². The molecule has 0 atom stereocenters. The van der Waals surface area contributed by atoms with E-state index in [-0.39, 0.29) is 19.2 Å². The van der Waals surface area contributed by atoms with Gasteiger partial charge in [-0.25, -0.2) is 0 Å². The van der Waals surface area contributed by atoms with Crippen LogP contribution < -0.4 is 11.5 Å². The van der Waals surface area contributed by atoms with Crippen LogP contribution in [0.4, 0.5) is 0 Å². The summed E-state index contributed by atoms with van der Waals surface area (Å²) >= 11 is 0. The smallest absolute Gasteiger partial charge is 0.302 e. The molecule has 0 aliphatic carbocycles. The second-order valence-corrected chi connectivity index (χ2v) is 4.56. The van der Waals surface area contributed by atoms with E-state index in [1.807, 2.05) is 0 Å². The Morgan fingerprint density at radius 1 is 0.880 bits per heavy atom. The number of carboxylic acid groups (broad SMARTS) is 1. The van der Waals surface area contributed by atoms with Crippen molar-refractivity contribution in [3.05, 3.63) is 0 Å². The molecule has 0 saturated heterocycles. The molecule has 0 fully saturated rings. The summed E-state index contributed by atoms with van der Waals surface area (Å²) in [6, 6.07) is 0. The maximum atomic E-state index is 10.3. The molecule has 0 aromatic heterocycles. The first-order chi connectivity index (χ1) is 11.8. The number of aliphatic hydroxyl groups excluding tert-OH is 2. The highest BCUT2D eigenvalue weighted by Crippen LogP contribution is 1.98. The lowest BCUT2D eigenvalue weighted by Gasteiger charge is -1.99. The van der Waals surface area contributed by atoms with Crippen molar-refractivity contribution in [3.8, 4) is 0 Å². The zero-order valence-electron chi connectivity index (χ0n) is 15.9. The van der Waals surface area contributed by atoms with Crippen molar-refractivity contribution < 1.29 is 34.4 Å². The van der Waals surface area contributed by atoms with Crippen molar-refractivity contribution in [1.82, 2.24) is 0 Å². The van der Waals surface area contributed by atoms with Gasteiger partial charge < -0.3 is 36.3 Å². The number of carbonyl (C=O) groups excluding carboxylic acids is 1. The van der Waals surface area contributed by atoms with Gasteiger partial charge in [-0.15, -0.1) is 0 Å². The van der Waals surface area contributed by atoms with Crippen LogP contribution in [-0.4, -0.2) is 73.4 Å². The van der Waals surface area contributed by atoms with Crippen LogP contribution in [0.2, 0.25) is 0 Å². The van der Waals surface area contributed by atoms with Crippen LogP contribution in [0.25, 0.3) is 0 Å². The van der Waals surface area contributed by atoms with Crippen LogP contribution in [0.3, 0.4) is 0 Å². The molecule has 0 unspecified atom stereocenters. The van der Waals surface area contributed by atoms with Gasteiger partial charge in [-0.2, -0.15) is 0 Å². The van der Waals surface area contributed by atoms with E-state index in [2.05, 4.69) is 11.7 Å². The molecule has 0 rings (SSSR count). The van der Waals surface area contributed by atoms with E-state index in [1.54, 1.807) is 0 Å². The second kappa shape index (κ2) is 34.2. The Kier molecular flexibility index (Phi) is 43.0. The van der Waals surface area contributed by atoms with Gasteiger partial charge in [-0.1, -0.05) is 26.2 Å². The summed E-state index contributed by atoms with van der Waals surface area (Å²) < 4.78 is 9.38. The molecule has 7 N–H and O–H groups in total. The van der Waals surface area contributed by atoms with Gasteiger partial charge in [0.15, 0.2) is 0 Å². The Labute approximate surface area is 151 Å². The second-order valence-electron chi connectivity index (χ2n) is 4.56. The van der Waals surface area contributed by atoms with Gasteiger partial charge in [0.1, 0.15) is 0 Å². The first kappa shape index (κ1) is 31.5. The maximum absolute atomic E-state index is 10.3. The number of aliphatic hydroxyl groups is 2. The Hall–Kier alpha value is -1.26. The average Bonchev–Trinajstić information content (AvgIpc) is 2.55. The van der Waals surface area contributed by atoms with Gasteiger partial charge >= 0.3 is 5.97 Å². The van der Waals surface area contributed by atoms with Gasteiger partial charge in [-0.05, 0) is 6.42 Å². The minimum atomic E-state index is -0.833. The number of carbonyl (C=O) groups is 2. The zero-order chi connectivity index (χ0) is 20.3. The van der Waals surface area contributed by atoms with Crippen LogP contribution in [0, 0.1) is 0 Å². The summed E-state index contributed by atoms with van der Waals surface area (Å²) in [5.41, 5.74) is 9.81. The molecular formula is C16H38N2O7. The molecule has 0 bridgehead atoms. The Bertz CT molecular complexity index is 245. The highest BCUT2D eigenvalue weighted by molar-refractivity contribution is 5.65. The van der Waals surface area contributed by atoms with Crippen LogP contribution >= 0.6 is 0 Å². The molecule has 0 aromatic rings. The third-order valence-electron chi connectivity index (χ3n) is 1.94. The van der Waals surface area contributed by atoms with Crippen molar-refractivity contribution in [3.63, 3.8) is 0 Å². The molecule has 0 heterocycles. The predicted molar refractivity (Wildman–Crippen MR) is 97.2 cm³/mol. The van der Waals surface area contributed by atoms with Crippen molar-refractivity contribution in [2.45, 2.75) is 46.5 Å². The monoisotopic (exact) mass is 370 g/mol. The predicted octanol–water partition coefficient (Wildman–Crippen LogP) is 0.112. The topological polar surface area (TPSA) is 165 Å². The van der Waals surface area contributed by atoms with Gasteiger partial charge in [0.25, 0.3) is 5.97 Å². The van der Waals surface area contributed by atoms with E-state index in [4.69, 9.17) is 36.3 Å². The molecule has 0 aliphatic heterocycles. The summed E-state index contributed by atoms with van der Waals surface area (Å²) in [5.74, 6) is -1.00. The van der Waals surface area contributed by atoms with Crippen molar-refractivity contribution >= 4 is 11.9 Å². The lowest BCUT2D eigenvalue weighted by atomic mass is 10.2. The number of unbranched alkanes of at least 4 members (excludes halogenated alkanes) is 3. The van der Waals surface area contributed by atoms with Crippen LogP contribution in [-0.2, 0) is 19.1 Å². The highest BCUT2D eigenvalue weighted by Gasteiger charge is 1.91. The minimum Gasteiger partial charge on any atom is -0.481 e. The fraction of sp³-hybridized carbons (Fsp3) is 0.875. The number of esters is 1. The molecule has 0 aliphatic rings. The van der Waals surface area contributed by atoms with E-state index in [0.29, 0.717) is 32.9 Å². The fourth-order valence-electron chi connectivity index (χ4n) is 0.976. The van der Waals surface area contributed by atoms with Crippen LogP contribution in [0.5, 0.6) is 0 Å². The number of hydrogen-bond acceptors (Lipinski definition) is 8. The van der Waals surface area contributed by atoms with Gasteiger partial charge in [0.05, 0.1) is 33.0 Å². The van der Waals surface area contributed by atoms with Crippen LogP contribution in [0.15, 0.2) is 0 Å². The Morgan fingerprint density at radius 3 is 1.60 bits per heavy atom. The number of hydrogen-bond donors (Lipinski definition) is 5. The summed E-state index contributed by atoms with van der Waals surface area (Å²) in [6.45, 7) is 7.17. The molecule has 0 aromatic carbocycles. The summed E-state index contributed by atoms with van der Waals surface area (Å²) in [5, 5.41) is 23.6. The van der Waals surface area contributed by atoms with Crippen molar-refractivity contribution in [1.29, 1.82) is 0 Å². The number of rotatable bonds is 10. The molecular weight excluding hydrogens is 332 g/mol. The largest absolute Gasteiger partial charge is 0.481 e. The molecule has 9 nitrogen and oxygen atoms in total. The van der Waals surface area contributed by atoms with Gasteiger partial charge in [0.2, 0.25) is 0 Å². The first-order valence-corrected chi connectivity index (χ1v) is 8.36. The molecule has 0 saturated carbocycles. The van der Waals surface area contributed by atoms with E-state index >= 15 is 0 Å². The van der Waals surface area contributed by atoms with E-state index in [1.165, 1.54) is 26.2 Å². The number of aliphatic carboxylic acids is 1. The fourth-order valence-corrected chi connectivity index (χ4v) is 0.976. The zero-order valence-corrected chi connectivity index (χ0v) is 15.9. The molecule has 9 heteroatoms.